The monoisotopic (exact) mass is 675 g/mol. The molecule has 0 aliphatic carbocycles. The van der Waals surface area contributed by atoms with Gasteiger partial charge in [-0.15, -0.1) is 0 Å². The Morgan fingerprint density at radius 3 is 2.09 bits per heavy atom. The highest BCUT2D eigenvalue weighted by Gasteiger charge is 2.35. The number of rotatable bonds is 15. The highest BCUT2D eigenvalue weighted by molar-refractivity contribution is 7.92. The minimum Gasteiger partial charge on any atom is -0.494 e. The Hall–Kier alpha value is -4.34. The van der Waals surface area contributed by atoms with Crippen LogP contribution in [-0.4, -0.2) is 50.4 Å². The van der Waals surface area contributed by atoms with Crippen molar-refractivity contribution < 1.29 is 22.7 Å². The van der Waals surface area contributed by atoms with Crippen LogP contribution < -0.4 is 14.4 Å². The fraction of sp³-hybridized carbons (Fsp3) is 0.297. The predicted octanol–water partition coefficient (Wildman–Crippen LogP) is 6.80. The van der Waals surface area contributed by atoms with Crippen molar-refractivity contribution in [1.29, 1.82) is 0 Å². The van der Waals surface area contributed by atoms with Crippen LogP contribution in [0.15, 0.2) is 108 Å². The van der Waals surface area contributed by atoms with Crippen molar-refractivity contribution in [3.8, 4) is 5.75 Å². The van der Waals surface area contributed by atoms with Gasteiger partial charge in [0.15, 0.2) is 0 Å². The standard InChI is InChI=1S/C37H42ClN3O5S/c1-5-28(4)39-37(43)35(24-29-10-8-7-9-11-29)40(25-30-14-16-31(38)17-15-30)36(42)26-41(32-18-12-27(3)13-19-32)47(44,45)34-22-20-33(21-23-34)46-6-2/h7-23,28,35H,5-6,24-26H2,1-4H3,(H,39,43). The number of carbonyl (C=O) groups is 2. The van der Waals surface area contributed by atoms with Gasteiger partial charge in [0.25, 0.3) is 10.0 Å². The smallest absolute Gasteiger partial charge is 0.264 e. The minimum absolute atomic E-state index is 0.00827. The van der Waals surface area contributed by atoms with Crippen LogP contribution in [0, 0.1) is 6.92 Å². The Kier molecular flexibility index (Phi) is 12.4. The number of carbonyl (C=O) groups excluding carboxylic acids is 2. The van der Waals surface area contributed by atoms with Gasteiger partial charge in [0.05, 0.1) is 17.2 Å². The molecule has 4 rings (SSSR count). The quantitative estimate of drug-likeness (QED) is 0.150. The predicted molar refractivity (Wildman–Crippen MR) is 187 cm³/mol. The molecule has 1 N–H and O–H groups in total. The first-order valence-electron chi connectivity index (χ1n) is 15.7. The number of sulfonamides is 1. The lowest BCUT2D eigenvalue weighted by Crippen LogP contribution is -2.54. The molecule has 0 saturated carbocycles. The summed E-state index contributed by atoms with van der Waals surface area (Å²) in [6.07, 6.45) is 0.940. The van der Waals surface area contributed by atoms with E-state index < -0.39 is 28.5 Å². The molecular formula is C37H42ClN3O5S. The number of hydrogen-bond donors (Lipinski definition) is 1. The molecule has 0 fully saturated rings. The first-order valence-corrected chi connectivity index (χ1v) is 17.5. The molecule has 0 aromatic heterocycles. The van der Waals surface area contributed by atoms with Crippen molar-refractivity contribution in [1.82, 2.24) is 10.2 Å². The molecule has 0 saturated heterocycles. The van der Waals surface area contributed by atoms with Gasteiger partial charge in [0.2, 0.25) is 11.8 Å². The normalized spacial score (nSPS) is 12.5. The second-order valence-electron chi connectivity index (χ2n) is 11.4. The molecule has 0 aliphatic rings. The zero-order valence-corrected chi connectivity index (χ0v) is 28.8. The minimum atomic E-state index is -4.22. The van der Waals surface area contributed by atoms with E-state index in [9.17, 15) is 18.0 Å². The largest absolute Gasteiger partial charge is 0.494 e. The van der Waals surface area contributed by atoms with Crippen molar-refractivity contribution >= 4 is 39.1 Å². The maximum Gasteiger partial charge on any atom is 0.264 e. The van der Waals surface area contributed by atoms with Gasteiger partial charge in [-0.1, -0.05) is 78.7 Å². The summed E-state index contributed by atoms with van der Waals surface area (Å²) in [5.74, 6) is -0.313. The fourth-order valence-corrected chi connectivity index (χ4v) is 6.56. The molecule has 0 radical (unpaired) electrons. The summed E-state index contributed by atoms with van der Waals surface area (Å²) in [7, 11) is -4.22. The van der Waals surface area contributed by atoms with E-state index in [1.807, 2.05) is 58.0 Å². The number of hydrogen-bond acceptors (Lipinski definition) is 5. The Morgan fingerprint density at radius 1 is 0.851 bits per heavy atom. The lowest BCUT2D eigenvalue weighted by molar-refractivity contribution is -0.140. The third-order valence-electron chi connectivity index (χ3n) is 7.86. The summed E-state index contributed by atoms with van der Waals surface area (Å²) < 4.78 is 35.1. The average Bonchev–Trinajstić information content (AvgIpc) is 3.07. The third-order valence-corrected chi connectivity index (χ3v) is 9.90. The van der Waals surface area contributed by atoms with E-state index in [1.54, 1.807) is 60.7 Å². The molecule has 0 bridgehead atoms. The van der Waals surface area contributed by atoms with Gasteiger partial charge in [-0.3, -0.25) is 13.9 Å². The van der Waals surface area contributed by atoms with Crippen molar-refractivity contribution in [3.05, 3.63) is 125 Å². The molecule has 8 nitrogen and oxygen atoms in total. The Bertz CT molecular complexity index is 1720. The molecule has 0 aliphatic heterocycles. The summed E-state index contributed by atoms with van der Waals surface area (Å²) >= 11 is 6.16. The molecule has 10 heteroatoms. The van der Waals surface area contributed by atoms with Gasteiger partial charge in [-0.05, 0) is 86.8 Å². The lowest BCUT2D eigenvalue weighted by Gasteiger charge is -2.34. The topological polar surface area (TPSA) is 96.0 Å². The number of anilines is 1. The number of ether oxygens (including phenoxy) is 1. The Balaban J connectivity index is 1.79. The summed E-state index contributed by atoms with van der Waals surface area (Å²) in [5.41, 5.74) is 2.87. The van der Waals surface area contributed by atoms with E-state index in [0.29, 0.717) is 29.5 Å². The third kappa shape index (κ3) is 9.59. The van der Waals surface area contributed by atoms with Crippen molar-refractivity contribution in [2.75, 3.05) is 17.5 Å². The second kappa shape index (κ2) is 16.5. The maximum absolute atomic E-state index is 14.6. The summed E-state index contributed by atoms with van der Waals surface area (Å²) in [4.78, 5) is 30.0. The highest BCUT2D eigenvalue weighted by Crippen LogP contribution is 2.27. The van der Waals surface area contributed by atoms with Gasteiger partial charge in [-0.25, -0.2) is 8.42 Å². The molecule has 2 amide bonds. The zero-order valence-electron chi connectivity index (χ0n) is 27.2. The van der Waals surface area contributed by atoms with Gasteiger partial charge >= 0.3 is 0 Å². The molecule has 0 heterocycles. The van der Waals surface area contributed by atoms with Crippen LogP contribution in [0.1, 0.15) is 43.9 Å². The first-order chi connectivity index (χ1) is 22.5. The van der Waals surface area contributed by atoms with Gasteiger partial charge < -0.3 is 15.0 Å². The number of aryl methyl sites for hydroxylation is 1. The molecule has 0 spiro atoms. The van der Waals surface area contributed by atoms with Gasteiger partial charge in [0.1, 0.15) is 18.3 Å². The van der Waals surface area contributed by atoms with E-state index in [1.165, 1.54) is 17.0 Å². The van der Waals surface area contributed by atoms with E-state index >= 15 is 0 Å². The van der Waals surface area contributed by atoms with Crippen LogP contribution in [0.25, 0.3) is 0 Å². The molecule has 4 aromatic carbocycles. The van der Waals surface area contributed by atoms with Crippen LogP contribution in [0.5, 0.6) is 5.75 Å². The van der Waals surface area contributed by atoms with Crippen molar-refractivity contribution in [3.63, 3.8) is 0 Å². The van der Waals surface area contributed by atoms with Gasteiger partial charge in [-0.2, -0.15) is 0 Å². The van der Waals surface area contributed by atoms with Crippen molar-refractivity contribution in [2.24, 2.45) is 0 Å². The number of amides is 2. The van der Waals surface area contributed by atoms with E-state index in [4.69, 9.17) is 16.3 Å². The fourth-order valence-electron chi connectivity index (χ4n) is 5.02. The molecule has 2 unspecified atom stereocenters. The Labute approximate surface area is 283 Å². The highest BCUT2D eigenvalue weighted by atomic mass is 35.5. The molecular weight excluding hydrogens is 634 g/mol. The molecule has 47 heavy (non-hydrogen) atoms. The molecule has 2 atom stereocenters. The SMILES string of the molecule is CCOc1ccc(S(=O)(=O)N(CC(=O)N(Cc2ccc(Cl)cc2)C(Cc2ccccc2)C(=O)NC(C)CC)c2ccc(C)cc2)cc1. The summed E-state index contributed by atoms with van der Waals surface area (Å²) in [5, 5.41) is 3.58. The van der Waals surface area contributed by atoms with E-state index in [0.717, 1.165) is 21.0 Å². The van der Waals surface area contributed by atoms with Crippen LogP contribution in [0.4, 0.5) is 5.69 Å². The number of benzene rings is 4. The maximum atomic E-state index is 14.6. The van der Waals surface area contributed by atoms with Gasteiger partial charge in [0, 0.05) is 24.0 Å². The molecule has 248 valence electrons. The summed E-state index contributed by atoms with van der Waals surface area (Å²) in [6.45, 7) is 7.59. The Morgan fingerprint density at radius 2 is 1.49 bits per heavy atom. The van der Waals surface area contributed by atoms with Crippen LogP contribution in [-0.2, 0) is 32.6 Å². The lowest BCUT2D eigenvalue weighted by atomic mass is 10.0. The second-order valence-corrected chi connectivity index (χ2v) is 13.7. The van der Waals surface area contributed by atoms with Crippen LogP contribution in [0.3, 0.4) is 0 Å². The molecule has 4 aromatic rings. The zero-order chi connectivity index (χ0) is 34.0. The van der Waals surface area contributed by atoms with E-state index in [2.05, 4.69) is 5.32 Å². The summed E-state index contributed by atoms with van der Waals surface area (Å²) in [6, 6.07) is 28.5. The number of halogens is 1. The number of nitrogens with zero attached hydrogens (tertiary/aromatic N) is 2. The number of nitrogens with one attached hydrogen (secondary N) is 1. The van der Waals surface area contributed by atoms with E-state index in [-0.39, 0.29) is 29.8 Å². The van der Waals surface area contributed by atoms with Crippen LogP contribution >= 0.6 is 11.6 Å². The first kappa shape index (κ1) is 35.5. The van der Waals surface area contributed by atoms with Crippen LogP contribution in [0.2, 0.25) is 5.02 Å². The van der Waals surface area contributed by atoms with Crippen molar-refractivity contribution in [2.45, 2.75) is 64.1 Å². The average molecular weight is 676 g/mol.